The molecule has 0 aliphatic heterocycles. The van der Waals surface area contributed by atoms with E-state index in [0.29, 0.717) is 0 Å². The number of rotatable bonds is 4. The number of nitrogens with one attached hydrogen (secondary N) is 1. The van der Waals surface area contributed by atoms with Crippen LogP contribution in [0.2, 0.25) is 5.02 Å². The van der Waals surface area contributed by atoms with Crippen molar-refractivity contribution in [3.05, 3.63) is 59.1 Å². The molecule has 0 bridgehead atoms. The highest BCUT2D eigenvalue weighted by Gasteiger charge is 2.10. The molecule has 20 heavy (non-hydrogen) atoms. The Kier molecular flexibility index (Phi) is 5.10. The van der Waals surface area contributed by atoms with E-state index in [2.05, 4.69) is 12.2 Å². The van der Waals surface area contributed by atoms with E-state index in [1.165, 1.54) is 6.92 Å². The van der Waals surface area contributed by atoms with Crippen LogP contribution in [0.4, 0.5) is 5.69 Å². The maximum Gasteiger partial charge on any atom is 0.221 e. The van der Waals surface area contributed by atoms with E-state index < -0.39 is 0 Å². The van der Waals surface area contributed by atoms with Crippen molar-refractivity contribution in [1.82, 2.24) is 0 Å². The molecule has 1 N–H and O–H groups in total. The standard InChI is InChI=1S/C16H16ClNOS/c1-11(15-5-3-4-6-16(15)17)20-14-9-7-13(8-10-14)18-12(2)19/h3-11H,1-2H3,(H,18,19). The molecule has 4 heteroatoms. The van der Waals surface area contributed by atoms with Gasteiger partial charge in [-0.15, -0.1) is 11.8 Å². The summed E-state index contributed by atoms with van der Waals surface area (Å²) >= 11 is 7.95. The molecular weight excluding hydrogens is 290 g/mol. The van der Waals surface area contributed by atoms with Gasteiger partial charge in [-0.1, -0.05) is 29.8 Å². The molecule has 0 aliphatic carbocycles. The van der Waals surface area contributed by atoms with Gasteiger partial charge in [-0.2, -0.15) is 0 Å². The summed E-state index contributed by atoms with van der Waals surface area (Å²) < 4.78 is 0. The Morgan fingerprint density at radius 1 is 1.15 bits per heavy atom. The lowest BCUT2D eigenvalue weighted by Gasteiger charge is -2.13. The molecule has 1 atom stereocenters. The molecule has 2 aromatic carbocycles. The minimum Gasteiger partial charge on any atom is -0.326 e. The van der Waals surface area contributed by atoms with E-state index >= 15 is 0 Å². The Morgan fingerprint density at radius 2 is 1.80 bits per heavy atom. The summed E-state index contributed by atoms with van der Waals surface area (Å²) in [5, 5.41) is 3.82. The number of hydrogen-bond acceptors (Lipinski definition) is 2. The number of benzene rings is 2. The summed E-state index contributed by atoms with van der Waals surface area (Å²) in [6, 6.07) is 15.7. The maximum atomic E-state index is 11.0. The van der Waals surface area contributed by atoms with Gasteiger partial charge < -0.3 is 5.32 Å². The van der Waals surface area contributed by atoms with E-state index in [1.54, 1.807) is 11.8 Å². The molecule has 0 aliphatic rings. The first kappa shape index (κ1) is 14.9. The second-order valence-electron chi connectivity index (χ2n) is 4.49. The van der Waals surface area contributed by atoms with E-state index in [-0.39, 0.29) is 11.2 Å². The third-order valence-electron chi connectivity index (χ3n) is 2.83. The average molecular weight is 306 g/mol. The number of halogens is 1. The smallest absolute Gasteiger partial charge is 0.221 e. The lowest BCUT2D eigenvalue weighted by atomic mass is 10.2. The third kappa shape index (κ3) is 4.02. The maximum absolute atomic E-state index is 11.0. The molecule has 104 valence electrons. The minimum absolute atomic E-state index is 0.0603. The molecule has 0 aromatic heterocycles. The van der Waals surface area contributed by atoms with E-state index in [9.17, 15) is 4.79 Å². The number of anilines is 1. The molecule has 2 nitrogen and oxygen atoms in total. The Balaban J connectivity index is 2.06. The lowest BCUT2D eigenvalue weighted by Crippen LogP contribution is -2.05. The number of amides is 1. The predicted molar refractivity (Wildman–Crippen MR) is 86.5 cm³/mol. The third-order valence-corrected chi connectivity index (χ3v) is 4.33. The Labute approximate surface area is 128 Å². The van der Waals surface area contributed by atoms with Crippen LogP contribution in [0.5, 0.6) is 0 Å². The molecular formula is C16H16ClNOS. The molecule has 2 aromatic rings. The zero-order valence-corrected chi connectivity index (χ0v) is 13.0. The fourth-order valence-electron chi connectivity index (χ4n) is 1.89. The molecule has 1 unspecified atom stereocenters. The van der Waals surface area contributed by atoms with E-state index in [1.807, 2.05) is 48.5 Å². The van der Waals surface area contributed by atoms with Gasteiger partial charge in [-0.3, -0.25) is 4.79 Å². The topological polar surface area (TPSA) is 29.1 Å². The van der Waals surface area contributed by atoms with Crippen LogP contribution in [-0.4, -0.2) is 5.91 Å². The predicted octanol–water partition coefficient (Wildman–Crippen LogP) is 5.15. The minimum atomic E-state index is -0.0603. The van der Waals surface area contributed by atoms with Crippen molar-refractivity contribution in [3.8, 4) is 0 Å². The summed E-state index contributed by atoms with van der Waals surface area (Å²) in [5.41, 5.74) is 1.94. The van der Waals surface area contributed by atoms with Crippen molar-refractivity contribution >= 4 is 35.0 Å². The van der Waals surface area contributed by atoms with Crippen LogP contribution in [-0.2, 0) is 4.79 Å². The number of hydrogen-bond donors (Lipinski definition) is 1. The van der Waals surface area contributed by atoms with Gasteiger partial charge in [-0.25, -0.2) is 0 Å². The molecule has 0 saturated heterocycles. The summed E-state index contributed by atoms with van der Waals surface area (Å²) in [6.07, 6.45) is 0. The van der Waals surface area contributed by atoms with Crippen LogP contribution in [0, 0.1) is 0 Å². The van der Waals surface area contributed by atoms with Gasteiger partial charge in [0.25, 0.3) is 0 Å². The number of carbonyl (C=O) groups is 1. The average Bonchev–Trinajstić information content (AvgIpc) is 2.41. The van der Waals surface area contributed by atoms with Crippen molar-refractivity contribution in [2.45, 2.75) is 24.0 Å². The van der Waals surface area contributed by atoms with Gasteiger partial charge in [0.15, 0.2) is 0 Å². The fourth-order valence-corrected chi connectivity index (χ4v) is 3.29. The summed E-state index contributed by atoms with van der Waals surface area (Å²) in [7, 11) is 0. The van der Waals surface area contributed by atoms with Crippen molar-refractivity contribution < 1.29 is 4.79 Å². The molecule has 0 spiro atoms. The van der Waals surface area contributed by atoms with Crippen LogP contribution in [0.25, 0.3) is 0 Å². The van der Waals surface area contributed by atoms with Gasteiger partial charge in [-0.05, 0) is 42.8 Å². The Morgan fingerprint density at radius 3 is 2.40 bits per heavy atom. The molecule has 0 heterocycles. The second-order valence-corrected chi connectivity index (χ2v) is 6.31. The first-order chi connectivity index (χ1) is 9.56. The van der Waals surface area contributed by atoms with Gasteiger partial charge >= 0.3 is 0 Å². The van der Waals surface area contributed by atoms with Crippen LogP contribution in [0.1, 0.15) is 24.7 Å². The second kappa shape index (κ2) is 6.82. The van der Waals surface area contributed by atoms with Gasteiger partial charge in [0.1, 0.15) is 0 Å². The summed E-state index contributed by atoms with van der Waals surface area (Å²) in [6.45, 7) is 3.63. The summed E-state index contributed by atoms with van der Waals surface area (Å²) in [5.74, 6) is -0.0603. The zero-order valence-electron chi connectivity index (χ0n) is 11.4. The molecule has 0 radical (unpaired) electrons. The van der Waals surface area contributed by atoms with E-state index in [4.69, 9.17) is 11.6 Å². The molecule has 2 rings (SSSR count). The SMILES string of the molecule is CC(=O)Nc1ccc(SC(C)c2ccccc2Cl)cc1. The first-order valence-electron chi connectivity index (χ1n) is 6.35. The van der Waals surface area contributed by atoms with Crippen LogP contribution in [0.3, 0.4) is 0 Å². The Bertz CT molecular complexity index is 598. The highest BCUT2D eigenvalue weighted by atomic mass is 35.5. The lowest BCUT2D eigenvalue weighted by molar-refractivity contribution is -0.114. The highest BCUT2D eigenvalue weighted by Crippen LogP contribution is 2.37. The molecule has 0 saturated carbocycles. The van der Waals surface area contributed by atoms with Gasteiger partial charge in [0.2, 0.25) is 5.91 Å². The van der Waals surface area contributed by atoms with Gasteiger partial charge in [0.05, 0.1) is 0 Å². The van der Waals surface area contributed by atoms with Crippen molar-refractivity contribution in [3.63, 3.8) is 0 Å². The number of thioether (sulfide) groups is 1. The Hall–Kier alpha value is -1.45. The highest BCUT2D eigenvalue weighted by molar-refractivity contribution is 7.99. The quantitative estimate of drug-likeness (QED) is 0.791. The summed E-state index contributed by atoms with van der Waals surface area (Å²) in [4.78, 5) is 12.1. The van der Waals surface area contributed by atoms with Crippen molar-refractivity contribution in [1.29, 1.82) is 0 Å². The van der Waals surface area contributed by atoms with Crippen LogP contribution in [0.15, 0.2) is 53.4 Å². The normalized spacial score (nSPS) is 11.9. The first-order valence-corrected chi connectivity index (χ1v) is 7.61. The fraction of sp³-hybridized carbons (Fsp3) is 0.188. The molecule has 1 amide bonds. The largest absolute Gasteiger partial charge is 0.326 e. The van der Waals surface area contributed by atoms with Crippen molar-refractivity contribution in [2.75, 3.05) is 5.32 Å². The monoisotopic (exact) mass is 305 g/mol. The molecule has 0 fully saturated rings. The van der Waals surface area contributed by atoms with Crippen LogP contribution < -0.4 is 5.32 Å². The van der Waals surface area contributed by atoms with E-state index in [0.717, 1.165) is 21.2 Å². The van der Waals surface area contributed by atoms with Crippen molar-refractivity contribution in [2.24, 2.45) is 0 Å². The number of carbonyl (C=O) groups excluding carboxylic acids is 1. The zero-order chi connectivity index (χ0) is 14.5. The van der Waals surface area contributed by atoms with Gasteiger partial charge in [0, 0.05) is 27.8 Å². The van der Waals surface area contributed by atoms with Crippen LogP contribution >= 0.6 is 23.4 Å².